The molecule has 3 N–H and O–H groups in total. The zero-order valence-corrected chi connectivity index (χ0v) is 18.4. The minimum Gasteiger partial charge on any atom is -0.390 e. The Kier molecular flexibility index (Phi) is 4.45. The van der Waals surface area contributed by atoms with E-state index in [4.69, 9.17) is 0 Å². The first-order valence-electron chi connectivity index (χ1n) is 10.9. The van der Waals surface area contributed by atoms with Crippen molar-refractivity contribution in [1.82, 2.24) is 0 Å². The number of allylic oxidation sites excluding steroid dienone is 4. The Morgan fingerprint density at radius 3 is 2.50 bits per heavy atom. The van der Waals surface area contributed by atoms with Crippen molar-refractivity contribution in [2.45, 2.75) is 83.3 Å². The number of aliphatic hydroxyl groups is 3. The maximum atomic E-state index is 17.0. The Labute approximate surface area is 177 Å². The Morgan fingerprint density at radius 2 is 1.90 bits per heavy atom. The predicted molar refractivity (Wildman–Crippen MR) is 109 cm³/mol. The maximum absolute atomic E-state index is 17.0. The lowest BCUT2D eigenvalue weighted by Crippen LogP contribution is -2.70. The summed E-state index contributed by atoms with van der Waals surface area (Å²) in [4.78, 5) is 25.1. The van der Waals surface area contributed by atoms with Crippen LogP contribution in [-0.4, -0.2) is 49.9 Å². The van der Waals surface area contributed by atoms with Crippen molar-refractivity contribution in [2.75, 3.05) is 0 Å². The highest BCUT2D eigenvalue weighted by Gasteiger charge is 2.76. The SMILES string of the molecule is C[C@H]1C[C@H]2[C@@H]3CCC4=CC(=O)C=C[C@]4(C)[C@@]3(F)[C@@H](O)C[C@]2(C)[C@@]1(O)C(=O)C(C)(C)O. The highest BCUT2D eigenvalue weighted by atomic mass is 19.1. The Morgan fingerprint density at radius 1 is 1.27 bits per heavy atom. The smallest absolute Gasteiger partial charge is 0.195 e. The molecule has 4 aliphatic rings. The molecule has 0 amide bonds. The number of ketones is 2. The zero-order valence-electron chi connectivity index (χ0n) is 18.4. The Hall–Kier alpha value is -1.37. The van der Waals surface area contributed by atoms with Crippen molar-refractivity contribution in [3.63, 3.8) is 0 Å². The van der Waals surface area contributed by atoms with E-state index >= 15 is 4.39 Å². The van der Waals surface area contributed by atoms with Crippen molar-refractivity contribution in [3.05, 3.63) is 23.8 Å². The van der Waals surface area contributed by atoms with E-state index in [1.165, 1.54) is 26.0 Å². The van der Waals surface area contributed by atoms with E-state index in [0.29, 0.717) is 24.8 Å². The average molecular weight is 421 g/mol. The van der Waals surface area contributed by atoms with Gasteiger partial charge in [-0.15, -0.1) is 0 Å². The Balaban J connectivity index is 1.84. The van der Waals surface area contributed by atoms with E-state index < -0.39 is 51.4 Å². The fourth-order valence-corrected chi connectivity index (χ4v) is 7.50. The molecule has 0 aromatic rings. The number of hydrogen-bond donors (Lipinski definition) is 3. The normalized spacial score (nSPS) is 50.4. The summed E-state index contributed by atoms with van der Waals surface area (Å²) < 4.78 is 17.0. The number of aliphatic hydroxyl groups excluding tert-OH is 1. The van der Waals surface area contributed by atoms with Crippen LogP contribution < -0.4 is 0 Å². The van der Waals surface area contributed by atoms with Crippen LogP contribution in [0.4, 0.5) is 4.39 Å². The van der Waals surface area contributed by atoms with Gasteiger partial charge in [-0.25, -0.2) is 4.39 Å². The molecule has 4 aliphatic carbocycles. The summed E-state index contributed by atoms with van der Waals surface area (Å²) in [7, 11) is 0. The zero-order chi connectivity index (χ0) is 22.5. The molecule has 8 atom stereocenters. The number of rotatable bonds is 2. The molecule has 0 heterocycles. The lowest BCUT2D eigenvalue weighted by molar-refractivity contribution is -0.223. The lowest BCUT2D eigenvalue weighted by atomic mass is 9.44. The molecule has 0 bridgehead atoms. The van der Waals surface area contributed by atoms with Crippen LogP contribution in [0.15, 0.2) is 23.8 Å². The van der Waals surface area contributed by atoms with E-state index in [-0.39, 0.29) is 18.1 Å². The summed E-state index contributed by atoms with van der Waals surface area (Å²) in [5, 5.41) is 33.4. The van der Waals surface area contributed by atoms with Crippen LogP contribution in [0.25, 0.3) is 0 Å². The topological polar surface area (TPSA) is 94.8 Å². The van der Waals surface area contributed by atoms with Gasteiger partial charge in [-0.05, 0) is 70.4 Å². The summed E-state index contributed by atoms with van der Waals surface area (Å²) in [5.74, 6) is -2.22. The van der Waals surface area contributed by atoms with Gasteiger partial charge >= 0.3 is 0 Å². The molecule has 4 rings (SSSR count). The fraction of sp³-hybridized carbons (Fsp3) is 0.750. The summed E-state index contributed by atoms with van der Waals surface area (Å²) in [6, 6.07) is 0. The average Bonchev–Trinajstić information content (AvgIpc) is 2.84. The molecule has 0 radical (unpaired) electrons. The number of fused-ring (bicyclic) bond motifs is 5. The van der Waals surface area contributed by atoms with Gasteiger partial charge in [-0.2, -0.15) is 0 Å². The lowest BCUT2D eigenvalue weighted by Gasteiger charge is -2.62. The third kappa shape index (κ3) is 2.33. The van der Waals surface area contributed by atoms with Crippen LogP contribution in [0.5, 0.6) is 0 Å². The van der Waals surface area contributed by atoms with Gasteiger partial charge in [0, 0.05) is 16.7 Å². The van der Waals surface area contributed by atoms with Gasteiger partial charge in [0.2, 0.25) is 0 Å². The molecule has 3 fully saturated rings. The van der Waals surface area contributed by atoms with Crippen LogP contribution in [0.3, 0.4) is 0 Å². The standard InChI is InChI=1S/C24H33FO5/c1-13-10-17-16-7-6-14-11-15(26)8-9-21(14,4)23(16,25)18(27)12-22(17,5)24(13,30)19(28)20(2,3)29/h8-9,11,13,16-18,27,29-30H,6-7,10,12H2,1-5H3/t13-,16-,17-,18-,21-,22-,23-,24-/m0/s1. The van der Waals surface area contributed by atoms with E-state index in [2.05, 4.69) is 0 Å². The van der Waals surface area contributed by atoms with E-state index in [9.17, 15) is 24.9 Å². The van der Waals surface area contributed by atoms with E-state index in [0.717, 1.165) is 0 Å². The van der Waals surface area contributed by atoms with Crippen molar-refractivity contribution < 1.29 is 29.3 Å². The van der Waals surface area contributed by atoms with Gasteiger partial charge in [-0.1, -0.05) is 25.5 Å². The molecule has 3 saturated carbocycles. The second-order valence-electron chi connectivity index (χ2n) is 11.1. The highest BCUT2D eigenvalue weighted by Crippen LogP contribution is 2.70. The largest absolute Gasteiger partial charge is 0.390 e. The van der Waals surface area contributed by atoms with Crippen molar-refractivity contribution in [1.29, 1.82) is 0 Å². The summed E-state index contributed by atoms with van der Waals surface area (Å²) in [6.07, 6.45) is 4.37. The summed E-state index contributed by atoms with van der Waals surface area (Å²) >= 11 is 0. The van der Waals surface area contributed by atoms with Crippen LogP contribution >= 0.6 is 0 Å². The highest BCUT2D eigenvalue weighted by molar-refractivity contribution is 6.01. The molecule has 0 spiro atoms. The van der Waals surface area contributed by atoms with Gasteiger partial charge in [0.15, 0.2) is 17.2 Å². The second kappa shape index (κ2) is 6.11. The molecule has 0 saturated heterocycles. The van der Waals surface area contributed by atoms with Crippen molar-refractivity contribution in [3.8, 4) is 0 Å². The number of alkyl halides is 1. The second-order valence-corrected chi connectivity index (χ2v) is 11.1. The van der Waals surface area contributed by atoms with Crippen LogP contribution in [0, 0.1) is 28.6 Å². The molecule has 0 unspecified atom stereocenters. The van der Waals surface area contributed by atoms with E-state index in [1.54, 1.807) is 26.8 Å². The molecule has 0 aliphatic heterocycles. The van der Waals surface area contributed by atoms with Gasteiger partial charge in [0.25, 0.3) is 0 Å². The van der Waals surface area contributed by atoms with Crippen LogP contribution in [-0.2, 0) is 9.59 Å². The number of Topliss-reactive ketones (excluding diaryl/α,β-unsaturated/α-hetero) is 1. The third-order valence-electron chi connectivity index (χ3n) is 9.12. The van der Waals surface area contributed by atoms with E-state index in [1.807, 2.05) is 0 Å². The minimum atomic E-state index is -2.00. The molecule has 166 valence electrons. The maximum Gasteiger partial charge on any atom is 0.195 e. The Bertz CT molecular complexity index is 871. The first kappa shape index (κ1) is 21.8. The summed E-state index contributed by atoms with van der Waals surface area (Å²) in [6.45, 7) is 8.00. The van der Waals surface area contributed by atoms with Crippen molar-refractivity contribution >= 4 is 11.6 Å². The predicted octanol–water partition coefficient (Wildman–Crippen LogP) is 2.67. The quantitative estimate of drug-likeness (QED) is 0.639. The molecular formula is C24H33FO5. The van der Waals surface area contributed by atoms with Gasteiger partial charge < -0.3 is 15.3 Å². The van der Waals surface area contributed by atoms with Crippen molar-refractivity contribution in [2.24, 2.45) is 28.6 Å². The van der Waals surface area contributed by atoms with Crippen LogP contribution in [0.2, 0.25) is 0 Å². The first-order chi connectivity index (χ1) is 13.6. The van der Waals surface area contributed by atoms with Gasteiger partial charge in [0.05, 0.1) is 6.10 Å². The minimum absolute atomic E-state index is 0.0853. The number of carbonyl (C=O) groups excluding carboxylic acids is 2. The van der Waals surface area contributed by atoms with Crippen LogP contribution in [0.1, 0.15) is 60.3 Å². The van der Waals surface area contributed by atoms with Gasteiger partial charge in [0.1, 0.15) is 11.2 Å². The van der Waals surface area contributed by atoms with Gasteiger partial charge in [-0.3, -0.25) is 9.59 Å². The fourth-order valence-electron chi connectivity index (χ4n) is 7.50. The monoisotopic (exact) mass is 420 g/mol. The molecule has 5 nitrogen and oxygen atoms in total. The molecular weight excluding hydrogens is 387 g/mol. The molecule has 6 heteroatoms. The summed E-state index contributed by atoms with van der Waals surface area (Å²) in [5.41, 5.74) is -7.06. The first-order valence-corrected chi connectivity index (χ1v) is 10.9. The molecule has 30 heavy (non-hydrogen) atoms. The third-order valence-corrected chi connectivity index (χ3v) is 9.12. The molecule has 0 aromatic heterocycles. The number of carbonyl (C=O) groups is 2. The number of halogens is 1. The molecule has 0 aromatic carbocycles. The number of hydrogen-bond acceptors (Lipinski definition) is 5.